The lowest BCUT2D eigenvalue weighted by molar-refractivity contribution is 0.0595. The minimum Gasteiger partial charge on any atom is -0.496 e. The molecule has 2 rings (SSSR count). The Bertz CT molecular complexity index is 776. The summed E-state index contributed by atoms with van der Waals surface area (Å²) in [7, 11) is 3.00. The third-order valence-corrected chi connectivity index (χ3v) is 6.01. The Hall–Kier alpha value is -2.07. The van der Waals surface area contributed by atoms with Gasteiger partial charge < -0.3 is 14.6 Å². The molecule has 1 aromatic rings. The molecule has 4 heteroatoms. The van der Waals surface area contributed by atoms with Crippen LogP contribution in [0, 0.1) is 5.92 Å². The number of unbranched alkanes of at least 4 members (excludes halogenated alkanes) is 2. The average molecular weight is 401 g/mol. The molecule has 0 aromatic heterocycles. The first-order valence-electron chi connectivity index (χ1n) is 10.6. The van der Waals surface area contributed by atoms with E-state index < -0.39 is 0 Å². The van der Waals surface area contributed by atoms with Crippen molar-refractivity contribution >= 4 is 5.97 Å². The zero-order chi connectivity index (χ0) is 21.6. The lowest BCUT2D eigenvalue weighted by Crippen LogP contribution is -2.21. The van der Waals surface area contributed by atoms with Crippen LogP contribution in [0.4, 0.5) is 0 Å². The van der Waals surface area contributed by atoms with E-state index in [1.807, 2.05) is 6.07 Å². The smallest absolute Gasteiger partial charge is 0.341 e. The molecule has 0 fully saturated rings. The van der Waals surface area contributed by atoms with Gasteiger partial charge in [0.1, 0.15) is 11.3 Å². The predicted octanol–water partition coefficient (Wildman–Crippen LogP) is 5.72. The van der Waals surface area contributed by atoms with E-state index in [4.69, 9.17) is 9.47 Å². The number of esters is 1. The van der Waals surface area contributed by atoms with Crippen LogP contribution in [0.15, 0.2) is 29.9 Å². The van der Waals surface area contributed by atoms with E-state index in [1.165, 1.54) is 12.7 Å². The van der Waals surface area contributed by atoms with Gasteiger partial charge in [-0.15, -0.1) is 0 Å². The van der Waals surface area contributed by atoms with Crippen molar-refractivity contribution in [3.8, 4) is 5.75 Å². The van der Waals surface area contributed by atoms with Crippen molar-refractivity contribution in [2.75, 3.05) is 14.2 Å². The quantitative estimate of drug-likeness (QED) is 0.327. The van der Waals surface area contributed by atoms with Crippen LogP contribution < -0.4 is 4.74 Å². The van der Waals surface area contributed by atoms with Crippen LogP contribution in [0.1, 0.15) is 85.8 Å². The summed E-state index contributed by atoms with van der Waals surface area (Å²) in [4.78, 5) is 12.8. The van der Waals surface area contributed by atoms with Gasteiger partial charge in [0, 0.05) is 11.5 Å². The molecule has 1 aliphatic rings. The summed E-state index contributed by atoms with van der Waals surface area (Å²) >= 11 is 0. The van der Waals surface area contributed by atoms with E-state index >= 15 is 0 Å². The summed E-state index contributed by atoms with van der Waals surface area (Å²) in [5.41, 5.74) is 5.51. The molecule has 0 saturated heterocycles. The highest BCUT2D eigenvalue weighted by molar-refractivity contribution is 5.95. The van der Waals surface area contributed by atoms with Crippen molar-refractivity contribution in [2.24, 2.45) is 5.92 Å². The second kappa shape index (κ2) is 10.6. The van der Waals surface area contributed by atoms with Crippen molar-refractivity contribution in [3.63, 3.8) is 0 Å². The number of methoxy groups -OCH3 is 2. The summed E-state index contributed by atoms with van der Waals surface area (Å²) in [6.07, 6.45) is 8.20. The third kappa shape index (κ3) is 5.11. The van der Waals surface area contributed by atoms with Gasteiger partial charge in [-0.05, 0) is 56.6 Å². The van der Waals surface area contributed by atoms with Gasteiger partial charge >= 0.3 is 5.97 Å². The Morgan fingerprint density at radius 2 is 2.00 bits per heavy atom. The van der Waals surface area contributed by atoms with Gasteiger partial charge in [-0.25, -0.2) is 4.79 Å². The largest absolute Gasteiger partial charge is 0.496 e. The number of ether oxygens (including phenoxy) is 2. The summed E-state index contributed by atoms with van der Waals surface area (Å²) in [5.74, 6) is 0.417. The second-order valence-electron chi connectivity index (χ2n) is 8.15. The number of benzene rings is 1. The third-order valence-electron chi connectivity index (χ3n) is 6.01. The van der Waals surface area contributed by atoms with Crippen LogP contribution in [-0.4, -0.2) is 25.3 Å². The van der Waals surface area contributed by atoms with Crippen molar-refractivity contribution in [2.45, 2.75) is 71.8 Å². The molecule has 0 unspecified atom stereocenters. The monoisotopic (exact) mass is 400 g/mol. The van der Waals surface area contributed by atoms with Crippen LogP contribution in [-0.2, 0) is 17.8 Å². The first-order valence-corrected chi connectivity index (χ1v) is 10.6. The standard InChI is InChI=1S/C25H36O4/c1-7-8-9-10-18-14-19(15-26)22(24(28-5)23(18)25(27)29-6)21-13-17(4)11-12-20(21)16(2)3/h13-14,20-21,26H,2,7-12,15H2,1,3-6H3/t20-,21+/m0/s1. The first kappa shape index (κ1) is 23.2. The molecule has 0 spiro atoms. The van der Waals surface area contributed by atoms with Gasteiger partial charge in [-0.3, -0.25) is 0 Å². The Morgan fingerprint density at radius 3 is 2.55 bits per heavy atom. The van der Waals surface area contributed by atoms with E-state index in [2.05, 4.69) is 33.4 Å². The molecule has 4 nitrogen and oxygen atoms in total. The molecule has 2 atom stereocenters. The summed E-state index contributed by atoms with van der Waals surface area (Å²) in [5, 5.41) is 10.2. The van der Waals surface area contributed by atoms with Crippen molar-refractivity contribution in [1.82, 2.24) is 0 Å². The Balaban J connectivity index is 2.74. The number of carbonyl (C=O) groups excluding carboxylic acids is 1. The van der Waals surface area contributed by atoms with E-state index in [9.17, 15) is 9.90 Å². The zero-order valence-electron chi connectivity index (χ0n) is 18.6. The zero-order valence-corrected chi connectivity index (χ0v) is 18.6. The Kier molecular flexibility index (Phi) is 8.51. The fraction of sp³-hybridized carbons (Fsp3) is 0.560. The maximum Gasteiger partial charge on any atom is 0.341 e. The Labute approximate surface area is 175 Å². The number of hydrogen-bond donors (Lipinski definition) is 1. The number of allylic oxidation sites excluding steroid dienone is 3. The number of rotatable bonds is 9. The molecule has 0 bridgehead atoms. The van der Waals surface area contributed by atoms with Gasteiger partial charge in [0.05, 0.1) is 20.8 Å². The van der Waals surface area contributed by atoms with Gasteiger partial charge in [-0.2, -0.15) is 0 Å². The molecule has 1 N–H and O–H groups in total. The molecule has 0 amide bonds. The van der Waals surface area contributed by atoms with Gasteiger partial charge in [-0.1, -0.05) is 49.6 Å². The number of carbonyl (C=O) groups is 1. The summed E-state index contributed by atoms with van der Waals surface area (Å²) < 4.78 is 11.0. The molecular weight excluding hydrogens is 364 g/mol. The molecule has 0 heterocycles. The lowest BCUT2D eigenvalue weighted by atomic mass is 9.72. The van der Waals surface area contributed by atoms with E-state index in [0.29, 0.717) is 11.3 Å². The van der Waals surface area contributed by atoms with E-state index in [0.717, 1.165) is 60.8 Å². The van der Waals surface area contributed by atoms with Gasteiger partial charge in [0.15, 0.2) is 0 Å². The number of aliphatic hydroxyl groups excluding tert-OH is 1. The normalized spacial score (nSPS) is 18.9. The molecule has 0 saturated carbocycles. The van der Waals surface area contributed by atoms with Gasteiger partial charge in [0.2, 0.25) is 0 Å². The van der Waals surface area contributed by atoms with E-state index in [1.54, 1.807) is 7.11 Å². The van der Waals surface area contributed by atoms with Crippen LogP contribution in [0.5, 0.6) is 5.75 Å². The second-order valence-corrected chi connectivity index (χ2v) is 8.15. The highest BCUT2D eigenvalue weighted by Crippen LogP contribution is 2.46. The molecule has 1 aliphatic carbocycles. The number of hydrogen-bond acceptors (Lipinski definition) is 4. The van der Waals surface area contributed by atoms with Crippen LogP contribution in [0.3, 0.4) is 0 Å². The van der Waals surface area contributed by atoms with Crippen LogP contribution >= 0.6 is 0 Å². The molecule has 0 aliphatic heterocycles. The van der Waals surface area contributed by atoms with E-state index in [-0.39, 0.29) is 24.4 Å². The molecule has 0 radical (unpaired) electrons. The molecule has 1 aromatic carbocycles. The van der Waals surface area contributed by atoms with Crippen molar-refractivity contribution in [3.05, 3.63) is 52.1 Å². The maximum absolute atomic E-state index is 12.8. The molecular formula is C25H36O4. The summed E-state index contributed by atoms with van der Waals surface area (Å²) in [6.45, 7) is 10.4. The fourth-order valence-electron chi connectivity index (χ4n) is 4.49. The maximum atomic E-state index is 12.8. The van der Waals surface area contributed by atoms with Crippen molar-refractivity contribution < 1.29 is 19.4 Å². The highest BCUT2D eigenvalue weighted by Gasteiger charge is 2.33. The highest BCUT2D eigenvalue weighted by atomic mass is 16.5. The van der Waals surface area contributed by atoms with Gasteiger partial charge in [0.25, 0.3) is 0 Å². The number of aryl methyl sites for hydroxylation is 1. The summed E-state index contributed by atoms with van der Waals surface area (Å²) in [6, 6.07) is 1.98. The lowest BCUT2D eigenvalue weighted by Gasteiger charge is -2.33. The SMILES string of the molecule is C=C(C)[C@@H]1CCC(C)=C[C@H]1c1c(CO)cc(CCCCC)c(C(=O)OC)c1OC. The average Bonchev–Trinajstić information content (AvgIpc) is 2.71. The Morgan fingerprint density at radius 1 is 1.28 bits per heavy atom. The molecule has 29 heavy (non-hydrogen) atoms. The van der Waals surface area contributed by atoms with Crippen LogP contribution in [0.2, 0.25) is 0 Å². The minimum absolute atomic E-state index is 0.0199. The minimum atomic E-state index is -0.387. The molecule has 160 valence electrons. The predicted molar refractivity (Wildman–Crippen MR) is 118 cm³/mol. The fourth-order valence-corrected chi connectivity index (χ4v) is 4.49. The van der Waals surface area contributed by atoms with Crippen LogP contribution in [0.25, 0.3) is 0 Å². The topological polar surface area (TPSA) is 55.8 Å². The van der Waals surface area contributed by atoms with Crippen molar-refractivity contribution in [1.29, 1.82) is 0 Å². The number of aliphatic hydroxyl groups is 1. The first-order chi connectivity index (χ1) is 13.9.